The number of rotatable bonds is 7. The summed E-state index contributed by atoms with van der Waals surface area (Å²) in [6, 6.07) is 17.3. The van der Waals surface area contributed by atoms with E-state index in [9.17, 15) is 10.1 Å². The Balaban J connectivity index is 1.85. The maximum Gasteiger partial charge on any atom is 0.324 e. The smallest absolute Gasteiger partial charge is 0.324 e. The summed E-state index contributed by atoms with van der Waals surface area (Å²) in [7, 11) is 0. The van der Waals surface area contributed by atoms with Gasteiger partial charge >= 0.3 is 5.97 Å². The largest absolute Gasteiger partial charge is 0.463 e. The van der Waals surface area contributed by atoms with E-state index in [1.54, 1.807) is 0 Å². The van der Waals surface area contributed by atoms with Gasteiger partial charge in [0.15, 0.2) is 5.92 Å². The second kappa shape index (κ2) is 8.70. The highest BCUT2D eigenvalue weighted by Crippen LogP contribution is 2.47. The average Bonchev–Trinajstić information content (AvgIpc) is 2.71. The fourth-order valence-corrected chi connectivity index (χ4v) is 3.47. The predicted molar refractivity (Wildman–Crippen MR) is 103 cm³/mol. The van der Waals surface area contributed by atoms with Gasteiger partial charge in [0, 0.05) is 23.6 Å². The fraction of sp³-hybridized carbons (Fsp3) is 0.364. The molecule has 0 bridgehead atoms. The molecule has 5 heteroatoms. The number of carbonyl (C=O) groups is 1. The summed E-state index contributed by atoms with van der Waals surface area (Å²) in [5, 5.41) is 9.80. The van der Waals surface area contributed by atoms with Crippen molar-refractivity contribution in [1.29, 1.82) is 5.26 Å². The molecular formula is C22H24N2O3. The van der Waals surface area contributed by atoms with Gasteiger partial charge in [-0.2, -0.15) is 5.26 Å². The Morgan fingerprint density at radius 1 is 1.11 bits per heavy atom. The van der Waals surface area contributed by atoms with Crippen LogP contribution in [0.4, 0.5) is 0 Å². The van der Waals surface area contributed by atoms with Crippen molar-refractivity contribution in [3.63, 3.8) is 0 Å². The van der Waals surface area contributed by atoms with Gasteiger partial charge in [0.25, 0.3) is 0 Å². The maximum atomic E-state index is 12.7. The third-order valence-electron chi connectivity index (χ3n) is 5.00. The number of hydrogen-bond acceptors (Lipinski definition) is 5. The Morgan fingerprint density at radius 2 is 1.67 bits per heavy atom. The number of fused-ring (bicyclic) bond motifs is 2. The summed E-state index contributed by atoms with van der Waals surface area (Å²) in [6.45, 7) is 6.88. The summed E-state index contributed by atoms with van der Waals surface area (Å²) in [5.74, 6) is -0.457. The third kappa shape index (κ3) is 3.96. The van der Waals surface area contributed by atoms with Crippen molar-refractivity contribution in [3.8, 4) is 17.6 Å². The highest BCUT2D eigenvalue weighted by atomic mass is 16.5. The molecule has 5 nitrogen and oxygen atoms in total. The van der Waals surface area contributed by atoms with Gasteiger partial charge in [0.2, 0.25) is 0 Å². The zero-order valence-electron chi connectivity index (χ0n) is 15.7. The first-order chi connectivity index (χ1) is 13.2. The Kier molecular flexibility index (Phi) is 6.10. The molecule has 140 valence electrons. The number of nitrogens with zero attached hydrogens (tertiary/aromatic N) is 2. The van der Waals surface area contributed by atoms with Gasteiger partial charge < -0.3 is 14.4 Å². The second-order valence-electron chi connectivity index (χ2n) is 6.46. The summed E-state index contributed by atoms with van der Waals surface area (Å²) >= 11 is 0. The van der Waals surface area contributed by atoms with Gasteiger partial charge in [-0.15, -0.1) is 0 Å². The van der Waals surface area contributed by atoms with Crippen LogP contribution in [0.5, 0.6) is 11.5 Å². The van der Waals surface area contributed by atoms with Crippen LogP contribution in [0.15, 0.2) is 48.5 Å². The first-order valence-corrected chi connectivity index (χ1v) is 9.33. The lowest BCUT2D eigenvalue weighted by atomic mass is 9.79. The van der Waals surface area contributed by atoms with Gasteiger partial charge in [-0.05, 0) is 25.2 Å². The molecule has 0 N–H and O–H groups in total. The van der Waals surface area contributed by atoms with Crippen LogP contribution in [0.3, 0.4) is 0 Å². The summed E-state index contributed by atoms with van der Waals surface area (Å²) in [5.41, 5.74) is 1.67. The van der Waals surface area contributed by atoms with Crippen molar-refractivity contribution < 1.29 is 14.3 Å². The van der Waals surface area contributed by atoms with Gasteiger partial charge in [-0.1, -0.05) is 50.2 Å². The van der Waals surface area contributed by atoms with E-state index in [1.807, 2.05) is 48.5 Å². The zero-order valence-corrected chi connectivity index (χ0v) is 15.7. The van der Waals surface area contributed by atoms with Crippen LogP contribution >= 0.6 is 0 Å². The molecule has 27 heavy (non-hydrogen) atoms. The van der Waals surface area contributed by atoms with E-state index in [0.29, 0.717) is 18.0 Å². The van der Waals surface area contributed by atoms with Crippen LogP contribution in [0.2, 0.25) is 0 Å². The quantitative estimate of drug-likeness (QED) is 0.696. The van der Waals surface area contributed by atoms with E-state index < -0.39 is 17.8 Å². The normalized spacial score (nSPS) is 13.9. The van der Waals surface area contributed by atoms with E-state index in [0.717, 1.165) is 24.2 Å². The molecule has 0 aromatic heterocycles. The van der Waals surface area contributed by atoms with Crippen molar-refractivity contribution in [1.82, 2.24) is 4.90 Å². The minimum atomic E-state index is -0.923. The summed E-state index contributed by atoms with van der Waals surface area (Å²) < 4.78 is 11.4. The van der Waals surface area contributed by atoms with Gasteiger partial charge in [0.1, 0.15) is 18.1 Å². The standard InChI is InChI=1S/C22H24N2O3/c1-3-24(4-2)13-14-26-22(25)18(15-23)21-16-9-5-7-11-19(16)27-20-12-8-6-10-17(20)21/h5-12,18,21H,3-4,13-14H2,1-2H3. The molecule has 0 spiro atoms. The van der Waals surface area contributed by atoms with Crippen molar-refractivity contribution in [2.24, 2.45) is 5.92 Å². The van der Waals surface area contributed by atoms with E-state index in [1.165, 1.54) is 0 Å². The highest BCUT2D eigenvalue weighted by Gasteiger charge is 2.38. The van der Waals surface area contributed by atoms with Crippen LogP contribution in [0.25, 0.3) is 0 Å². The molecule has 0 aliphatic carbocycles. The molecule has 1 aliphatic heterocycles. The van der Waals surface area contributed by atoms with Crippen molar-refractivity contribution in [3.05, 3.63) is 59.7 Å². The molecule has 3 rings (SSSR count). The van der Waals surface area contributed by atoms with Crippen LogP contribution in [0, 0.1) is 17.2 Å². The molecule has 1 heterocycles. The summed E-state index contributed by atoms with van der Waals surface area (Å²) in [6.07, 6.45) is 0. The van der Waals surface area contributed by atoms with E-state index in [-0.39, 0.29) is 6.61 Å². The van der Waals surface area contributed by atoms with E-state index >= 15 is 0 Å². The Labute approximate surface area is 160 Å². The maximum absolute atomic E-state index is 12.7. The van der Waals surface area contributed by atoms with Crippen LogP contribution < -0.4 is 4.74 Å². The van der Waals surface area contributed by atoms with Crippen molar-refractivity contribution >= 4 is 5.97 Å². The molecule has 0 saturated heterocycles. The number of esters is 1. The number of para-hydroxylation sites is 2. The molecule has 0 saturated carbocycles. The number of nitriles is 1. The number of ether oxygens (including phenoxy) is 2. The van der Waals surface area contributed by atoms with Gasteiger partial charge in [0.05, 0.1) is 6.07 Å². The molecular weight excluding hydrogens is 340 g/mol. The fourth-order valence-electron chi connectivity index (χ4n) is 3.47. The molecule has 2 aromatic carbocycles. The number of likely N-dealkylation sites (N-methyl/N-ethyl adjacent to an activating group) is 1. The van der Waals surface area contributed by atoms with Crippen LogP contribution in [-0.2, 0) is 9.53 Å². The minimum Gasteiger partial charge on any atom is -0.463 e. The van der Waals surface area contributed by atoms with Crippen LogP contribution in [-0.4, -0.2) is 37.1 Å². The topological polar surface area (TPSA) is 62.6 Å². The molecule has 1 aliphatic rings. The first kappa shape index (κ1) is 18.9. The average molecular weight is 364 g/mol. The summed E-state index contributed by atoms with van der Waals surface area (Å²) in [4.78, 5) is 14.9. The predicted octanol–water partition coefficient (Wildman–Crippen LogP) is 3.95. The van der Waals surface area contributed by atoms with Crippen molar-refractivity contribution in [2.75, 3.05) is 26.2 Å². The monoisotopic (exact) mass is 364 g/mol. The zero-order chi connectivity index (χ0) is 19.2. The van der Waals surface area contributed by atoms with Gasteiger partial charge in [-0.25, -0.2) is 0 Å². The first-order valence-electron chi connectivity index (χ1n) is 9.33. The molecule has 0 radical (unpaired) electrons. The highest BCUT2D eigenvalue weighted by molar-refractivity contribution is 5.78. The lowest BCUT2D eigenvalue weighted by Gasteiger charge is -2.30. The third-order valence-corrected chi connectivity index (χ3v) is 5.00. The van der Waals surface area contributed by atoms with Gasteiger partial charge in [-0.3, -0.25) is 4.79 Å². The Hall–Kier alpha value is -2.84. The SMILES string of the molecule is CCN(CC)CCOC(=O)C(C#N)C1c2ccccc2Oc2ccccc21. The molecule has 0 fully saturated rings. The lowest BCUT2D eigenvalue weighted by molar-refractivity contribution is -0.147. The number of benzene rings is 2. The lowest BCUT2D eigenvalue weighted by Crippen LogP contribution is -2.31. The minimum absolute atomic E-state index is 0.283. The molecule has 0 amide bonds. The van der Waals surface area contributed by atoms with E-state index in [4.69, 9.17) is 9.47 Å². The number of carbonyl (C=O) groups excluding carboxylic acids is 1. The molecule has 1 unspecified atom stereocenters. The van der Waals surface area contributed by atoms with Crippen LogP contribution in [0.1, 0.15) is 30.9 Å². The number of hydrogen-bond donors (Lipinski definition) is 0. The van der Waals surface area contributed by atoms with Crippen molar-refractivity contribution in [2.45, 2.75) is 19.8 Å². The Bertz CT molecular complexity index is 794. The Morgan fingerprint density at radius 3 is 2.19 bits per heavy atom. The van der Waals surface area contributed by atoms with E-state index in [2.05, 4.69) is 24.8 Å². The second-order valence-corrected chi connectivity index (χ2v) is 6.46. The molecule has 2 aromatic rings. The molecule has 1 atom stereocenters.